The number of carbonyl (C=O) groups is 2. The zero-order chi connectivity index (χ0) is 22.4. The van der Waals surface area contributed by atoms with E-state index in [1.165, 1.54) is 14.2 Å². The van der Waals surface area contributed by atoms with E-state index >= 15 is 0 Å². The van der Waals surface area contributed by atoms with Gasteiger partial charge in [-0.3, -0.25) is 0 Å². The first kappa shape index (κ1) is 21.9. The number of benzene rings is 3. The molecule has 0 N–H and O–H groups in total. The molecule has 0 unspecified atom stereocenters. The molecule has 0 fully saturated rings. The topological polar surface area (TPSA) is 71.1 Å². The van der Waals surface area contributed by atoms with Crippen molar-refractivity contribution in [2.45, 2.75) is 13.3 Å². The molecule has 0 saturated heterocycles. The van der Waals surface area contributed by atoms with Crippen LogP contribution in [0, 0.1) is 6.92 Å². The number of aryl methyl sites for hydroxylation is 1. The second-order valence-electron chi connectivity index (χ2n) is 6.94. The lowest BCUT2D eigenvalue weighted by molar-refractivity contribution is 0.0593. The molecule has 31 heavy (non-hydrogen) atoms. The van der Waals surface area contributed by atoms with E-state index in [9.17, 15) is 9.59 Å². The highest BCUT2D eigenvalue weighted by Crippen LogP contribution is 2.31. The minimum Gasteiger partial charge on any atom is -0.497 e. The second-order valence-corrected chi connectivity index (χ2v) is 6.94. The highest BCUT2D eigenvalue weighted by molar-refractivity contribution is 5.94. The Bertz CT molecular complexity index is 1090. The van der Waals surface area contributed by atoms with Gasteiger partial charge in [0.05, 0.1) is 21.3 Å². The van der Waals surface area contributed by atoms with Crippen LogP contribution in [-0.2, 0) is 15.9 Å². The molecule has 6 nitrogen and oxygen atoms in total. The normalized spacial score (nSPS) is 10.3. The molecule has 0 saturated carbocycles. The molecule has 0 atom stereocenters. The molecule has 0 amide bonds. The summed E-state index contributed by atoms with van der Waals surface area (Å²) in [6.45, 7) is 1.87. The number of methoxy groups -OCH3 is 3. The summed E-state index contributed by atoms with van der Waals surface area (Å²) in [4.78, 5) is 24.6. The van der Waals surface area contributed by atoms with Crippen LogP contribution in [0.3, 0.4) is 0 Å². The largest absolute Gasteiger partial charge is 0.497 e. The van der Waals surface area contributed by atoms with Crippen LogP contribution in [-0.4, -0.2) is 33.3 Å². The lowest BCUT2D eigenvalue weighted by atomic mass is 10.0. The van der Waals surface area contributed by atoms with Gasteiger partial charge in [-0.05, 0) is 60.9 Å². The van der Waals surface area contributed by atoms with Crippen LogP contribution in [0.25, 0.3) is 0 Å². The van der Waals surface area contributed by atoms with Gasteiger partial charge in [-0.1, -0.05) is 29.8 Å². The third-order valence-corrected chi connectivity index (χ3v) is 4.78. The standard InChI is InChI=1S/C25H24O6/c1-16-5-11-22(20(13-16)24(26)29-3)31-23-12-8-18(15-21(23)25(27)30-4)14-17-6-9-19(28-2)10-7-17/h5-13,15H,14H2,1-4H3. The van der Waals surface area contributed by atoms with Gasteiger partial charge in [0.2, 0.25) is 0 Å². The number of rotatable bonds is 7. The van der Waals surface area contributed by atoms with Crippen molar-refractivity contribution < 1.29 is 28.5 Å². The molecular formula is C25H24O6. The van der Waals surface area contributed by atoms with Crippen molar-refractivity contribution in [2.75, 3.05) is 21.3 Å². The summed E-state index contributed by atoms with van der Waals surface area (Å²) in [5.74, 6) is 0.319. The van der Waals surface area contributed by atoms with Gasteiger partial charge >= 0.3 is 11.9 Å². The lowest BCUT2D eigenvalue weighted by Gasteiger charge is -2.14. The summed E-state index contributed by atoms with van der Waals surface area (Å²) < 4.78 is 20.9. The van der Waals surface area contributed by atoms with E-state index in [-0.39, 0.29) is 11.1 Å². The number of ether oxygens (including phenoxy) is 4. The van der Waals surface area contributed by atoms with E-state index in [4.69, 9.17) is 18.9 Å². The van der Waals surface area contributed by atoms with Gasteiger partial charge in [0.15, 0.2) is 0 Å². The Hall–Kier alpha value is -3.80. The van der Waals surface area contributed by atoms with Gasteiger partial charge in [0, 0.05) is 0 Å². The fourth-order valence-corrected chi connectivity index (χ4v) is 3.15. The first-order valence-electron chi connectivity index (χ1n) is 9.66. The van der Waals surface area contributed by atoms with E-state index in [0.717, 1.165) is 22.4 Å². The van der Waals surface area contributed by atoms with Crippen LogP contribution in [0.15, 0.2) is 60.7 Å². The molecule has 0 aliphatic rings. The summed E-state index contributed by atoms with van der Waals surface area (Å²) in [5.41, 5.74) is 3.41. The molecule has 3 aromatic carbocycles. The average molecular weight is 420 g/mol. The van der Waals surface area contributed by atoms with E-state index in [1.54, 1.807) is 31.4 Å². The third-order valence-electron chi connectivity index (χ3n) is 4.78. The fourth-order valence-electron chi connectivity index (χ4n) is 3.15. The summed E-state index contributed by atoms with van der Waals surface area (Å²) in [7, 11) is 4.24. The van der Waals surface area contributed by atoms with Crippen LogP contribution in [0.5, 0.6) is 17.2 Å². The van der Waals surface area contributed by atoms with Crippen LogP contribution in [0.1, 0.15) is 37.4 Å². The maximum atomic E-state index is 12.4. The molecule has 0 aliphatic heterocycles. The maximum absolute atomic E-state index is 12.4. The Labute approximate surface area is 181 Å². The molecule has 0 aliphatic carbocycles. The van der Waals surface area contributed by atoms with Crippen molar-refractivity contribution in [1.29, 1.82) is 0 Å². The van der Waals surface area contributed by atoms with Gasteiger partial charge in [0.1, 0.15) is 28.4 Å². The average Bonchev–Trinajstić information content (AvgIpc) is 2.80. The number of esters is 2. The molecule has 3 rings (SSSR count). The first-order chi connectivity index (χ1) is 14.9. The highest BCUT2D eigenvalue weighted by atomic mass is 16.5. The monoisotopic (exact) mass is 420 g/mol. The Kier molecular flexibility index (Phi) is 6.92. The minimum atomic E-state index is -0.529. The van der Waals surface area contributed by atoms with Crippen molar-refractivity contribution in [3.8, 4) is 17.2 Å². The molecule has 160 valence electrons. The lowest BCUT2D eigenvalue weighted by Crippen LogP contribution is -2.08. The fraction of sp³-hybridized carbons (Fsp3) is 0.200. The minimum absolute atomic E-state index is 0.268. The van der Waals surface area contributed by atoms with Crippen molar-refractivity contribution in [3.63, 3.8) is 0 Å². The predicted molar refractivity (Wildman–Crippen MR) is 116 cm³/mol. The Balaban J connectivity index is 1.94. The van der Waals surface area contributed by atoms with Crippen LogP contribution < -0.4 is 9.47 Å². The number of carbonyl (C=O) groups excluding carboxylic acids is 2. The van der Waals surface area contributed by atoms with Crippen molar-refractivity contribution >= 4 is 11.9 Å². The second kappa shape index (κ2) is 9.80. The number of hydrogen-bond donors (Lipinski definition) is 0. The van der Waals surface area contributed by atoms with Gasteiger partial charge in [-0.25, -0.2) is 9.59 Å². The first-order valence-corrected chi connectivity index (χ1v) is 9.66. The Morgan fingerprint density at radius 2 is 1.26 bits per heavy atom. The smallest absolute Gasteiger partial charge is 0.341 e. The molecule has 6 heteroatoms. The SMILES string of the molecule is COC(=O)c1cc(C)ccc1Oc1ccc(Cc2ccc(OC)cc2)cc1C(=O)OC. The number of hydrogen-bond acceptors (Lipinski definition) is 6. The summed E-state index contributed by atoms with van der Waals surface area (Å²) in [6, 6.07) is 18.2. The Morgan fingerprint density at radius 3 is 1.84 bits per heavy atom. The van der Waals surface area contributed by atoms with E-state index in [2.05, 4.69) is 0 Å². The summed E-state index contributed by atoms with van der Waals surface area (Å²) in [6.07, 6.45) is 0.617. The van der Waals surface area contributed by atoms with Crippen LogP contribution in [0.4, 0.5) is 0 Å². The maximum Gasteiger partial charge on any atom is 0.341 e. The zero-order valence-electron chi connectivity index (χ0n) is 17.9. The molecule has 0 aromatic heterocycles. The molecule has 0 heterocycles. The van der Waals surface area contributed by atoms with Crippen LogP contribution >= 0.6 is 0 Å². The van der Waals surface area contributed by atoms with Crippen LogP contribution in [0.2, 0.25) is 0 Å². The summed E-state index contributed by atoms with van der Waals surface area (Å²) >= 11 is 0. The quantitative estimate of drug-likeness (QED) is 0.503. The van der Waals surface area contributed by atoms with Crippen molar-refractivity contribution in [3.05, 3.63) is 88.5 Å². The summed E-state index contributed by atoms with van der Waals surface area (Å²) in [5, 5.41) is 0. The molecule has 3 aromatic rings. The highest BCUT2D eigenvalue weighted by Gasteiger charge is 2.19. The van der Waals surface area contributed by atoms with E-state index in [1.807, 2.05) is 43.3 Å². The third kappa shape index (κ3) is 5.22. The molecule has 0 spiro atoms. The molecule has 0 radical (unpaired) electrons. The van der Waals surface area contributed by atoms with Gasteiger partial charge in [0.25, 0.3) is 0 Å². The molecule has 0 bridgehead atoms. The Morgan fingerprint density at radius 1 is 0.710 bits per heavy atom. The zero-order valence-corrected chi connectivity index (χ0v) is 17.9. The van der Waals surface area contributed by atoms with Crippen molar-refractivity contribution in [1.82, 2.24) is 0 Å². The molecular weight excluding hydrogens is 396 g/mol. The van der Waals surface area contributed by atoms with Gasteiger partial charge < -0.3 is 18.9 Å². The predicted octanol–water partition coefficient (Wildman–Crippen LogP) is 4.96. The van der Waals surface area contributed by atoms with Crippen molar-refractivity contribution in [2.24, 2.45) is 0 Å². The van der Waals surface area contributed by atoms with Gasteiger partial charge in [-0.15, -0.1) is 0 Å². The van der Waals surface area contributed by atoms with E-state index < -0.39 is 11.9 Å². The van der Waals surface area contributed by atoms with Gasteiger partial charge in [-0.2, -0.15) is 0 Å². The van der Waals surface area contributed by atoms with E-state index in [0.29, 0.717) is 17.9 Å².